The van der Waals surface area contributed by atoms with Crippen molar-refractivity contribution in [2.24, 2.45) is 5.10 Å². The number of hydrazone groups is 1. The summed E-state index contributed by atoms with van der Waals surface area (Å²) in [6.07, 6.45) is 5.55. The third kappa shape index (κ3) is 5.61. The summed E-state index contributed by atoms with van der Waals surface area (Å²) in [7, 11) is 1.62. The number of carbonyl (C=O) groups is 1. The molecule has 43 heavy (non-hydrogen) atoms. The maximum atomic E-state index is 14.0. The van der Waals surface area contributed by atoms with Gasteiger partial charge >= 0.3 is 0 Å². The first kappa shape index (κ1) is 27.5. The Bertz CT molecular complexity index is 1840. The zero-order chi connectivity index (χ0) is 29.8. The lowest BCUT2D eigenvalue weighted by atomic mass is 9.98. The SMILES string of the molecule is C=CCOc1ccc(-c2nn(-c3ccccc3)cc2C=C2C(=O)N(c3ccccc3)N=C2c2ccc(OC)cc2)cc1C. The number of hydrogen-bond donors (Lipinski definition) is 0. The van der Waals surface area contributed by atoms with E-state index < -0.39 is 0 Å². The third-order valence-corrected chi connectivity index (χ3v) is 7.11. The maximum absolute atomic E-state index is 14.0. The molecular formula is C36H30N4O3. The number of aryl methyl sites for hydroxylation is 1. The van der Waals surface area contributed by atoms with Crippen molar-refractivity contribution in [1.29, 1.82) is 0 Å². The van der Waals surface area contributed by atoms with Crippen LogP contribution >= 0.6 is 0 Å². The first-order chi connectivity index (χ1) is 21.1. The average Bonchev–Trinajstić information content (AvgIpc) is 3.62. The molecule has 0 bridgehead atoms. The molecule has 1 amide bonds. The number of carbonyl (C=O) groups excluding carboxylic acids is 1. The van der Waals surface area contributed by atoms with E-state index in [2.05, 4.69) is 6.58 Å². The van der Waals surface area contributed by atoms with Gasteiger partial charge in [0.15, 0.2) is 0 Å². The largest absolute Gasteiger partial charge is 0.497 e. The molecule has 1 aliphatic heterocycles. The second-order valence-corrected chi connectivity index (χ2v) is 9.98. The normalized spacial score (nSPS) is 13.7. The smallest absolute Gasteiger partial charge is 0.281 e. The van der Waals surface area contributed by atoms with Crippen molar-refractivity contribution in [3.05, 3.63) is 144 Å². The summed E-state index contributed by atoms with van der Waals surface area (Å²) in [6.45, 7) is 6.16. The molecule has 0 radical (unpaired) electrons. The van der Waals surface area contributed by atoms with Gasteiger partial charge in [0, 0.05) is 22.9 Å². The predicted molar refractivity (Wildman–Crippen MR) is 171 cm³/mol. The minimum Gasteiger partial charge on any atom is -0.497 e. The molecule has 1 aromatic heterocycles. The monoisotopic (exact) mass is 566 g/mol. The highest BCUT2D eigenvalue weighted by Crippen LogP contribution is 2.33. The van der Waals surface area contributed by atoms with Gasteiger partial charge in [0.2, 0.25) is 0 Å². The van der Waals surface area contributed by atoms with E-state index in [4.69, 9.17) is 19.7 Å². The van der Waals surface area contributed by atoms with Gasteiger partial charge in [-0.3, -0.25) is 4.79 Å². The fourth-order valence-electron chi connectivity index (χ4n) is 4.94. The molecule has 0 atom stereocenters. The van der Waals surface area contributed by atoms with Crippen LogP contribution in [0.1, 0.15) is 16.7 Å². The molecule has 212 valence electrons. The second-order valence-electron chi connectivity index (χ2n) is 9.98. The molecule has 7 nitrogen and oxygen atoms in total. The summed E-state index contributed by atoms with van der Waals surface area (Å²) in [6, 6.07) is 32.8. The van der Waals surface area contributed by atoms with Crippen molar-refractivity contribution >= 4 is 23.4 Å². The Morgan fingerprint density at radius 3 is 2.19 bits per heavy atom. The van der Waals surface area contributed by atoms with Crippen molar-refractivity contribution < 1.29 is 14.3 Å². The first-order valence-electron chi connectivity index (χ1n) is 13.9. The summed E-state index contributed by atoms with van der Waals surface area (Å²) < 4.78 is 13.0. The van der Waals surface area contributed by atoms with Crippen molar-refractivity contribution in [2.75, 3.05) is 18.7 Å². The Morgan fingerprint density at radius 2 is 1.53 bits per heavy atom. The highest BCUT2D eigenvalue weighted by molar-refractivity contribution is 6.37. The lowest BCUT2D eigenvalue weighted by molar-refractivity contribution is -0.114. The Hall–Kier alpha value is -5.69. The van der Waals surface area contributed by atoms with E-state index in [0.717, 1.165) is 45.1 Å². The standard InChI is InChI=1S/C36H30N4O3/c1-4-21-43-33-20-17-27(22-25(33)2)34-28(24-39(37-34)29-11-7-5-8-12-29)23-32-35(26-15-18-31(42-3)19-16-26)38-40(36(32)41)30-13-9-6-10-14-30/h4-20,22-24H,1,21H2,2-3H3. The Balaban J connectivity index is 1.50. The quantitative estimate of drug-likeness (QED) is 0.139. The van der Waals surface area contributed by atoms with Crippen molar-refractivity contribution in [2.45, 2.75) is 6.92 Å². The zero-order valence-corrected chi connectivity index (χ0v) is 24.0. The number of para-hydroxylation sites is 2. The van der Waals surface area contributed by atoms with E-state index in [1.807, 2.05) is 127 Å². The number of aromatic nitrogens is 2. The summed E-state index contributed by atoms with van der Waals surface area (Å²) in [5, 5.41) is 11.2. The number of methoxy groups -OCH3 is 1. The number of hydrogen-bond acceptors (Lipinski definition) is 5. The fraction of sp³-hybridized carbons (Fsp3) is 0.0833. The van der Waals surface area contributed by atoms with Gasteiger partial charge in [-0.15, -0.1) is 0 Å². The molecule has 0 saturated heterocycles. The number of amides is 1. The first-order valence-corrected chi connectivity index (χ1v) is 13.9. The third-order valence-electron chi connectivity index (χ3n) is 7.11. The number of rotatable bonds is 9. The molecule has 4 aromatic carbocycles. The zero-order valence-electron chi connectivity index (χ0n) is 24.0. The molecule has 0 unspecified atom stereocenters. The minimum atomic E-state index is -0.222. The number of benzene rings is 4. The van der Waals surface area contributed by atoms with E-state index in [9.17, 15) is 4.79 Å². The molecule has 0 aliphatic carbocycles. The molecule has 6 rings (SSSR count). The van der Waals surface area contributed by atoms with Gasteiger partial charge in [0.25, 0.3) is 5.91 Å². The van der Waals surface area contributed by atoms with Crippen LogP contribution in [-0.4, -0.2) is 35.1 Å². The van der Waals surface area contributed by atoms with E-state index in [0.29, 0.717) is 23.6 Å². The van der Waals surface area contributed by atoms with Crippen molar-refractivity contribution in [3.63, 3.8) is 0 Å². The highest BCUT2D eigenvalue weighted by atomic mass is 16.5. The molecule has 0 saturated carbocycles. The van der Waals surface area contributed by atoms with Crippen LogP contribution in [0.5, 0.6) is 11.5 Å². The molecule has 1 aliphatic rings. The Labute approximate surface area is 250 Å². The van der Waals surface area contributed by atoms with Gasteiger partial charge in [-0.25, -0.2) is 4.68 Å². The predicted octanol–water partition coefficient (Wildman–Crippen LogP) is 7.26. The summed E-state index contributed by atoms with van der Waals surface area (Å²) in [4.78, 5) is 14.0. The Kier molecular flexibility index (Phi) is 7.70. The van der Waals surface area contributed by atoms with Crippen LogP contribution in [-0.2, 0) is 4.79 Å². The van der Waals surface area contributed by atoms with E-state index in [-0.39, 0.29) is 5.91 Å². The van der Waals surface area contributed by atoms with E-state index in [1.165, 1.54) is 5.01 Å². The Morgan fingerprint density at radius 1 is 0.860 bits per heavy atom. The van der Waals surface area contributed by atoms with Gasteiger partial charge in [0.05, 0.1) is 29.8 Å². The van der Waals surface area contributed by atoms with Gasteiger partial charge in [-0.2, -0.15) is 15.2 Å². The van der Waals surface area contributed by atoms with Crippen LogP contribution < -0.4 is 14.5 Å². The van der Waals surface area contributed by atoms with Crippen LogP contribution in [0.4, 0.5) is 5.69 Å². The molecular weight excluding hydrogens is 536 g/mol. The minimum absolute atomic E-state index is 0.222. The molecule has 0 N–H and O–H groups in total. The maximum Gasteiger partial charge on any atom is 0.281 e. The van der Waals surface area contributed by atoms with Crippen LogP contribution in [0.15, 0.2) is 133 Å². The number of nitrogens with zero attached hydrogens (tertiary/aromatic N) is 4. The van der Waals surface area contributed by atoms with Crippen molar-refractivity contribution in [3.8, 4) is 28.4 Å². The summed E-state index contributed by atoms with van der Waals surface area (Å²) >= 11 is 0. The lowest BCUT2D eigenvalue weighted by Crippen LogP contribution is -2.21. The summed E-state index contributed by atoms with van der Waals surface area (Å²) in [5.41, 5.74) is 6.81. The topological polar surface area (TPSA) is 69.0 Å². The molecule has 0 fully saturated rings. The van der Waals surface area contributed by atoms with Crippen LogP contribution in [0, 0.1) is 6.92 Å². The molecule has 0 spiro atoms. The van der Waals surface area contributed by atoms with Crippen molar-refractivity contribution in [1.82, 2.24) is 9.78 Å². The molecule has 2 heterocycles. The van der Waals surface area contributed by atoms with Gasteiger partial charge < -0.3 is 9.47 Å². The summed E-state index contributed by atoms with van der Waals surface area (Å²) in [5.74, 6) is 1.28. The van der Waals surface area contributed by atoms with Gasteiger partial charge in [0.1, 0.15) is 23.8 Å². The molecule has 7 heteroatoms. The van der Waals surface area contributed by atoms with Crippen LogP contribution in [0.25, 0.3) is 23.0 Å². The van der Waals surface area contributed by atoms with E-state index in [1.54, 1.807) is 13.2 Å². The fourth-order valence-corrected chi connectivity index (χ4v) is 4.94. The van der Waals surface area contributed by atoms with Crippen LogP contribution in [0.2, 0.25) is 0 Å². The number of ether oxygens (including phenoxy) is 2. The second kappa shape index (κ2) is 12.0. The van der Waals surface area contributed by atoms with E-state index >= 15 is 0 Å². The van der Waals surface area contributed by atoms with Gasteiger partial charge in [-0.1, -0.05) is 49.1 Å². The molecule has 5 aromatic rings. The highest BCUT2D eigenvalue weighted by Gasteiger charge is 2.32. The average molecular weight is 567 g/mol. The lowest BCUT2D eigenvalue weighted by Gasteiger charge is -2.11. The number of anilines is 1. The van der Waals surface area contributed by atoms with Gasteiger partial charge in [-0.05, 0) is 85.3 Å². The van der Waals surface area contributed by atoms with Crippen LogP contribution in [0.3, 0.4) is 0 Å².